The molecule has 2 aliphatic rings. The lowest BCUT2D eigenvalue weighted by molar-refractivity contribution is 0.419. The lowest BCUT2D eigenvalue weighted by Gasteiger charge is -2.44. The van der Waals surface area contributed by atoms with E-state index in [0.29, 0.717) is 6.54 Å². The maximum Gasteiger partial charge on any atom is 0.127 e. The van der Waals surface area contributed by atoms with Crippen molar-refractivity contribution in [2.75, 3.05) is 42.7 Å². The molecule has 3 N–H and O–H groups in total. The van der Waals surface area contributed by atoms with E-state index in [-0.39, 0.29) is 5.54 Å². The number of aliphatic imine (C=N–C) groups is 1. The zero-order valence-electron chi connectivity index (χ0n) is 15.8. The van der Waals surface area contributed by atoms with Gasteiger partial charge in [-0.1, -0.05) is 23.7 Å². The molecule has 0 atom stereocenters. The summed E-state index contributed by atoms with van der Waals surface area (Å²) in [4.78, 5) is 7.10. The molecule has 4 rings (SSSR count). The third-order valence-electron chi connectivity index (χ3n) is 5.37. The fourth-order valence-corrected chi connectivity index (χ4v) is 4.01. The first-order valence-electron chi connectivity index (χ1n) is 9.42. The minimum atomic E-state index is -0.151. The van der Waals surface area contributed by atoms with E-state index in [1.54, 1.807) is 0 Å². The van der Waals surface area contributed by atoms with Crippen LogP contribution in [0.25, 0.3) is 0 Å². The number of nitrogens with zero attached hydrogens (tertiary/aromatic N) is 2. The van der Waals surface area contributed by atoms with E-state index in [4.69, 9.17) is 16.6 Å². The van der Waals surface area contributed by atoms with E-state index in [9.17, 15) is 0 Å². The lowest BCUT2D eigenvalue weighted by Crippen LogP contribution is -2.57. The normalized spacial score (nSPS) is 19.3. The second-order valence-corrected chi connectivity index (χ2v) is 7.94. The number of nitrogens with one attached hydrogen (secondary N) is 3. The zero-order chi connectivity index (χ0) is 18.9. The Morgan fingerprint density at radius 3 is 2.63 bits per heavy atom. The van der Waals surface area contributed by atoms with Crippen molar-refractivity contribution in [3.05, 3.63) is 53.1 Å². The smallest absolute Gasteiger partial charge is 0.127 e. The van der Waals surface area contributed by atoms with Crippen molar-refractivity contribution in [2.24, 2.45) is 4.99 Å². The molecule has 142 valence electrons. The molecule has 1 spiro atoms. The van der Waals surface area contributed by atoms with Crippen molar-refractivity contribution in [3.63, 3.8) is 0 Å². The predicted octanol–water partition coefficient (Wildman–Crippen LogP) is 3.96. The molecule has 27 heavy (non-hydrogen) atoms. The Hall–Kier alpha value is -2.24. The number of fused-ring (bicyclic) bond motifs is 1. The van der Waals surface area contributed by atoms with E-state index in [0.717, 1.165) is 53.7 Å². The molecule has 0 aliphatic carbocycles. The summed E-state index contributed by atoms with van der Waals surface area (Å²) in [6.07, 6.45) is 2.00. The Morgan fingerprint density at radius 1 is 1.07 bits per heavy atom. The molecule has 2 aliphatic heterocycles. The monoisotopic (exact) mass is 383 g/mol. The fraction of sp³-hybridized carbons (Fsp3) is 0.381. The fourth-order valence-electron chi connectivity index (χ4n) is 3.80. The molecule has 2 aromatic carbocycles. The van der Waals surface area contributed by atoms with Crippen LogP contribution in [0.3, 0.4) is 0 Å². The van der Waals surface area contributed by atoms with Crippen molar-refractivity contribution in [1.82, 2.24) is 5.32 Å². The number of benzene rings is 2. The summed E-state index contributed by atoms with van der Waals surface area (Å²) >= 11 is 6.13. The summed E-state index contributed by atoms with van der Waals surface area (Å²) in [7, 11) is 4.13. The van der Waals surface area contributed by atoms with E-state index in [1.165, 1.54) is 5.69 Å². The molecule has 5 nitrogen and oxygen atoms in total. The maximum absolute atomic E-state index is 6.13. The molecule has 1 fully saturated rings. The van der Waals surface area contributed by atoms with E-state index < -0.39 is 0 Å². The van der Waals surface area contributed by atoms with E-state index >= 15 is 0 Å². The van der Waals surface area contributed by atoms with Crippen LogP contribution in [0, 0.1) is 0 Å². The predicted molar refractivity (Wildman–Crippen MR) is 115 cm³/mol. The minimum absolute atomic E-state index is 0.151. The van der Waals surface area contributed by atoms with Gasteiger partial charge in [-0.2, -0.15) is 0 Å². The highest BCUT2D eigenvalue weighted by molar-refractivity contribution is 6.30. The summed E-state index contributed by atoms with van der Waals surface area (Å²) < 4.78 is 0. The second kappa shape index (κ2) is 7.41. The highest BCUT2D eigenvalue weighted by Gasteiger charge is 2.40. The maximum atomic E-state index is 6.13. The van der Waals surface area contributed by atoms with Crippen molar-refractivity contribution in [3.8, 4) is 0 Å². The first-order valence-corrected chi connectivity index (χ1v) is 9.80. The summed E-state index contributed by atoms with van der Waals surface area (Å²) in [5.41, 5.74) is 4.38. The van der Waals surface area contributed by atoms with Crippen LogP contribution in [0.1, 0.15) is 18.4 Å². The van der Waals surface area contributed by atoms with Gasteiger partial charge >= 0.3 is 0 Å². The Morgan fingerprint density at radius 2 is 1.89 bits per heavy atom. The first kappa shape index (κ1) is 18.1. The summed E-state index contributed by atoms with van der Waals surface area (Å²) in [6, 6.07) is 14.4. The van der Waals surface area contributed by atoms with Gasteiger partial charge in [-0.15, -0.1) is 0 Å². The van der Waals surface area contributed by atoms with Crippen molar-refractivity contribution >= 4 is 34.5 Å². The quantitative estimate of drug-likeness (QED) is 0.750. The van der Waals surface area contributed by atoms with Crippen LogP contribution in [-0.4, -0.2) is 38.6 Å². The molecule has 0 bridgehead atoms. The Bertz CT molecular complexity index is 855. The van der Waals surface area contributed by atoms with E-state index in [1.807, 2.05) is 18.2 Å². The average molecular weight is 384 g/mol. The highest BCUT2D eigenvalue weighted by atomic mass is 35.5. The van der Waals surface area contributed by atoms with Crippen molar-refractivity contribution < 1.29 is 0 Å². The van der Waals surface area contributed by atoms with Crippen molar-refractivity contribution in [2.45, 2.75) is 24.9 Å². The molecule has 2 aromatic rings. The van der Waals surface area contributed by atoms with Gasteiger partial charge in [0.25, 0.3) is 0 Å². The lowest BCUT2D eigenvalue weighted by atomic mass is 9.84. The van der Waals surface area contributed by atoms with Gasteiger partial charge in [0.05, 0.1) is 23.5 Å². The number of anilines is 3. The second-order valence-electron chi connectivity index (χ2n) is 7.50. The summed E-state index contributed by atoms with van der Waals surface area (Å²) in [6.45, 7) is 2.58. The third-order valence-corrected chi connectivity index (χ3v) is 5.60. The minimum Gasteiger partial charge on any atom is -0.378 e. The number of hydrogen-bond acceptors (Lipinski definition) is 4. The van der Waals surface area contributed by atoms with Gasteiger partial charge in [0.1, 0.15) is 5.84 Å². The molecule has 0 saturated carbocycles. The van der Waals surface area contributed by atoms with Gasteiger partial charge < -0.3 is 20.9 Å². The first-order chi connectivity index (χ1) is 13.1. The Balaban J connectivity index is 1.67. The Kier molecular flexibility index (Phi) is 4.98. The molecule has 0 unspecified atom stereocenters. The number of hydrogen-bond donors (Lipinski definition) is 3. The van der Waals surface area contributed by atoms with Crippen LogP contribution < -0.4 is 20.9 Å². The van der Waals surface area contributed by atoms with Crippen LogP contribution in [0.5, 0.6) is 0 Å². The molecular formula is C21H26ClN5. The molecular weight excluding hydrogens is 358 g/mol. The van der Waals surface area contributed by atoms with Gasteiger partial charge in [-0.25, -0.2) is 0 Å². The largest absolute Gasteiger partial charge is 0.378 e. The number of halogens is 1. The molecule has 0 radical (unpaired) electrons. The SMILES string of the molecule is CN(C)c1ccc2c(c1)NC1(CCNCC1)C(=NCc1cccc(Cl)c1)N2. The van der Waals surface area contributed by atoms with Gasteiger partial charge in [0, 0.05) is 24.8 Å². The summed E-state index contributed by atoms with van der Waals surface area (Å²) in [5, 5.41) is 11.6. The van der Waals surface area contributed by atoms with Gasteiger partial charge in [0.2, 0.25) is 0 Å². The standard InChI is InChI=1S/C21H26ClN5/c1-27(2)17-6-7-18-19(13-17)26-21(8-10-23-11-9-21)20(25-18)24-14-15-4-3-5-16(22)12-15/h3-7,12-13,23,26H,8-11,14H2,1-2H3,(H,24,25). The molecule has 6 heteroatoms. The number of rotatable bonds is 3. The van der Waals surface area contributed by atoms with Crippen LogP contribution in [0.2, 0.25) is 5.02 Å². The van der Waals surface area contributed by atoms with Crippen LogP contribution in [0.4, 0.5) is 17.1 Å². The highest BCUT2D eigenvalue weighted by Crippen LogP contribution is 2.38. The van der Waals surface area contributed by atoms with Crippen molar-refractivity contribution in [1.29, 1.82) is 0 Å². The molecule has 0 aromatic heterocycles. The number of piperidine rings is 1. The summed E-state index contributed by atoms with van der Waals surface area (Å²) in [5.74, 6) is 1.02. The molecule has 2 heterocycles. The zero-order valence-corrected chi connectivity index (χ0v) is 16.6. The van der Waals surface area contributed by atoms with Gasteiger partial charge in [-0.3, -0.25) is 4.99 Å². The van der Waals surface area contributed by atoms with Crippen LogP contribution in [-0.2, 0) is 6.54 Å². The van der Waals surface area contributed by atoms with E-state index in [2.05, 4.69) is 59.2 Å². The molecule has 1 saturated heterocycles. The van der Waals surface area contributed by atoms with Gasteiger partial charge in [-0.05, 0) is 61.8 Å². The van der Waals surface area contributed by atoms with Crippen LogP contribution >= 0.6 is 11.6 Å². The average Bonchev–Trinajstić information content (AvgIpc) is 2.66. The number of amidine groups is 1. The Labute approximate surface area is 165 Å². The molecule has 0 amide bonds. The van der Waals surface area contributed by atoms with Crippen LogP contribution in [0.15, 0.2) is 47.5 Å². The van der Waals surface area contributed by atoms with Gasteiger partial charge in [0.15, 0.2) is 0 Å². The third kappa shape index (κ3) is 3.75. The topological polar surface area (TPSA) is 51.7 Å².